The van der Waals surface area contributed by atoms with E-state index in [0.29, 0.717) is 39.0 Å². The lowest BCUT2D eigenvalue weighted by molar-refractivity contribution is -0.385. The van der Waals surface area contributed by atoms with Crippen molar-refractivity contribution < 1.29 is 22.8 Å². The zero-order valence-electron chi connectivity index (χ0n) is 23.0. The van der Waals surface area contributed by atoms with E-state index >= 15 is 0 Å². The second-order valence-electron chi connectivity index (χ2n) is 10.8. The van der Waals surface area contributed by atoms with Crippen molar-refractivity contribution in [3.05, 3.63) is 112 Å². The van der Waals surface area contributed by atoms with Crippen LogP contribution in [0, 0.1) is 16.0 Å². The zero-order chi connectivity index (χ0) is 29.1. The molecule has 220 valence electrons. The van der Waals surface area contributed by atoms with E-state index < -0.39 is 26.7 Å². The summed E-state index contributed by atoms with van der Waals surface area (Å²) in [5.74, 6) is 0.131. The molecule has 0 aliphatic carbocycles. The van der Waals surface area contributed by atoms with Crippen molar-refractivity contribution in [2.24, 2.45) is 5.92 Å². The molecule has 1 aromatic heterocycles. The maximum absolute atomic E-state index is 12.5. The molecule has 11 nitrogen and oxygen atoms in total. The Balaban J connectivity index is 1.27. The number of piperidine rings is 1. The Kier molecular flexibility index (Phi) is 8.20. The van der Waals surface area contributed by atoms with Crippen LogP contribution in [0.3, 0.4) is 0 Å². The number of nitro benzene ring substituents is 1. The van der Waals surface area contributed by atoms with Gasteiger partial charge >= 0.3 is 0 Å². The monoisotopic (exact) mass is 591 g/mol. The average Bonchev–Trinajstić information content (AvgIpc) is 3.67. The van der Waals surface area contributed by atoms with Gasteiger partial charge in [0, 0.05) is 43.9 Å². The van der Waals surface area contributed by atoms with Gasteiger partial charge in [-0.05, 0) is 36.6 Å². The topological polar surface area (TPSA) is 127 Å². The van der Waals surface area contributed by atoms with Gasteiger partial charge in [0.2, 0.25) is 0 Å². The number of ether oxygens (including phenoxy) is 2. The largest absolute Gasteiger partial charge is 0.362 e. The van der Waals surface area contributed by atoms with Gasteiger partial charge in [-0.25, -0.2) is 8.42 Å². The number of aromatic nitrogens is 1. The van der Waals surface area contributed by atoms with E-state index in [-0.39, 0.29) is 30.1 Å². The molecule has 3 aliphatic rings. The molecule has 42 heavy (non-hydrogen) atoms. The molecule has 0 spiro atoms. The van der Waals surface area contributed by atoms with Crippen LogP contribution in [0.1, 0.15) is 35.0 Å². The Morgan fingerprint density at radius 3 is 2.45 bits per heavy atom. The van der Waals surface area contributed by atoms with E-state index in [1.165, 1.54) is 12.1 Å². The highest BCUT2D eigenvalue weighted by molar-refractivity contribution is 7.72. The molecule has 0 amide bonds. The molecule has 2 aromatic carbocycles. The third kappa shape index (κ3) is 5.62. The predicted molar refractivity (Wildman–Crippen MR) is 156 cm³/mol. The molecule has 6 rings (SSSR count). The van der Waals surface area contributed by atoms with Crippen LogP contribution in [-0.4, -0.2) is 66.5 Å². The van der Waals surface area contributed by atoms with Gasteiger partial charge in [-0.1, -0.05) is 48.5 Å². The summed E-state index contributed by atoms with van der Waals surface area (Å²) in [7, 11) is -2.98. The van der Waals surface area contributed by atoms with Crippen LogP contribution in [0.4, 0.5) is 5.69 Å². The number of nitrogens with zero attached hydrogens (tertiary/aromatic N) is 4. The standard InChI is InChI=1S/C30H33N5O6S/c36-35(37)27-12-5-4-10-24(27)29(42(38)39)33-16-13-23(14-17-33)28-32-26(25-11-6-7-15-31-25)19-34(28)30(20-40-21-41-30)18-22-8-2-1-3-9-22/h1-12,15,19,23,28-29,32,42H,13-14,16-18,20-21H2. The van der Waals surface area contributed by atoms with Crippen molar-refractivity contribution in [3.63, 3.8) is 0 Å². The number of para-hydroxylation sites is 1. The Labute approximate surface area is 245 Å². The summed E-state index contributed by atoms with van der Waals surface area (Å²) >= 11 is 0. The van der Waals surface area contributed by atoms with E-state index in [1.807, 2.05) is 41.3 Å². The average molecular weight is 592 g/mol. The van der Waals surface area contributed by atoms with E-state index in [9.17, 15) is 18.5 Å². The van der Waals surface area contributed by atoms with Crippen LogP contribution < -0.4 is 5.32 Å². The summed E-state index contributed by atoms with van der Waals surface area (Å²) in [6.07, 6.45) is 5.66. The Morgan fingerprint density at radius 1 is 1.05 bits per heavy atom. The van der Waals surface area contributed by atoms with Crippen LogP contribution >= 0.6 is 0 Å². The zero-order valence-corrected chi connectivity index (χ0v) is 23.8. The quantitative estimate of drug-likeness (QED) is 0.217. The number of hydrogen-bond donors (Lipinski definition) is 2. The molecule has 0 saturated carbocycles. The molecule has 12 heteroatoms. The van der Waals surface area contributed by atoms with Gasteiger partial charge < -0.3 is 19.7 Å². The molecule has 0 radical (unpaired) electrons. The molecular weight excluding hydrogens is 558 g/mol. The van der Waals surface area contributed by atoms with Crippen LogP contribution in [0.25, 0.3) is 5.70 Å². The maximum atomic E-state index is 12.5. The van der Waals surface area contributed by atoms with Crippen molar-refractivity contribution >= 4 is 22.1 Å². The fourth-order valence-corrected chi connectivity index (χ4v) is 7.25. The highest BCUT2D eigenvalue weighted by Gasteiger charge is 2.49. The van der Waals surface area contributed by atoms with Crippen LogP contribution in [-0.2, 0) is 26.6 Å². The number of pyridine rings is 1. The lowest BCUT2D eigenvalue weighted by atomic mass is 9.91. The number of rotatable bonds is 9. The number of hydrogen-bond acceptors (Lipinski definition) is 10. The third-order valence-corrected chi connectivity index (χ3v) is 9.33. The highest BCUT2D eigenvalue weighted by Crippen LogP contribution is 2.40. The van der Waals surface area contributed by atoms with E-state index in [1.54, 1.807) is 18.3 Å². The summed E-state index contributed by atoms with van der Waals surface area (Å²) in [6.45, 7) is 1.52. The molecule has 2 fully saturated rings. The molecule has 3 aromatic rings. The lowest BCUT2D eigenvalue weighted by Gasteiger charge is -2.45. The first-order valence-electron chi connectivity index (χ1n) is 14.0. The van der Waals surface area contributed by atoms with Gasteiger partial charge in [0.1, 0.15) is 18.3 Å². The number of nitrogens with one attached hydrogen (secondary N) is 1. The minimum absolute atomic E-state index is 0.131. The first kappa shape index (κ1) is 28.3. The fourth-order valence-electron chi connectivity index (χ4n) is 6.31. The Bertz CT molecular complexity index is 1500. The number of thiol groups is 1. The van der Waals surface area contributed by atoms with Gasteiger partial charge in [-0.15, -0.1) is 0 Å². The van der Waals surface area contributed by atoms with E-state index in [4.69, 9.17) is 9.47 Å². The second kappa shape index (κ2) is 12.2. The fraction of sp³-hybridized carbons (Fsp3) is 0.367. The van der Waals surface area contributed by atoms with Gasteiger partial charge in [-0.3, -0.25) is 20.0 Å². The molecular formula is C30H33N5O6S. The Hall–Kier alpha value is -3.84. The summed E-state index contributed by atoms with van der Waals surface area (Å²) in [5, 5.41) is 14.3. The third-order valence-electron chi connectivity index (χ3n) is 8.32. The first-order chi connectivity index (χ1) is 20.4. The van der Waals surface area contributed by atoms with Crippen LogP contribution in [0.2, 0.25) is 0 Å². The van der Waals surface area contributed by atoms with Gasteiger partial charge in [0.15, 0.2) is 16.4 Å². The van der Waals surface area contributed by atoms with Crippen molar-refractivity contribution in [2.45, 2.75) is 36.5 Å². The second-order valence-corrected chi connectivity index (χ2v) is 11.9. The lowest BCUT2D eigenvalue weighted by Crippen LogP contribution is -2.58. The highest BCUT2D eigenvalue weighted by atomic mass is 32.2. The van der Waals surface area contributed by atoms with Gasteiger partial charge in [0.25, 0.3) is 5.69 Å². The molecule has 3 unspecified atom stereocenters. The van der Waals surface area contributed by atoms with Gasteiger partial charge in [-0.2, -0.15) is 0 Å². The van der Waals surface area contributed by atoms with Crippen molar-refractivity contribution in [2.75, 3.05) is 26.5 Å². The molecule has 2 saturated heterocycles. The number of nitro groups is 1. The molecule has 4 heterocycles. The summed E-state index contributed by atoms with van der Waals surface area (Å²) in [6, 6.07) is 22.0. The van der Waals surface area contributed by atoms with E-state index in [2.05, 4.69) is 33.5 Å². The molecule has 3 atom stereocenters. The SMILES string of the molecule is O=[N+]([O-])c1ccccc1C(N1CCC(C2NC(c3ccccn3)=CN2C2(Cc3ccccc3)COCO2)CC1)[SH](=O)=O. The normalized spacial score (nSPS) is 24.0. The number of likely N-dealkylation sites (tertiary alicyclic amines) is 1. The van der Waals surface area contributed by atoms with Gasteiger partial charge in [0.05, 0.1) is 28.5 Å². The Morgan fingerprint density at radius 2 is 1.79 bits per heavy atom. The molecule has 0 bridgehead atoms. The summed E-state index contributed by atoms with van der Waals surface area (Å²) in [4.78, 5) is 19.8. The maximum Gasteiger partial charge on any atom is 0.275 e. The summed E-state index contributed by atoms with van der Waals surface area (Å²) < 4.78 is 37.1. The minimum Gasteiger partial charge on any atom is -0.362 e. The van der Waals surface area contributed by atoms with Crippen LogP contribution in [0.15, 0.2) is 85.2 Å². The van der Waals surface area contributed by atoms with Crippen LogP contribution in [0.5, 0.6) is 0 Å². The van der Waals surface area contributed by atoms with Crippen molar-refractivity contribution in [1.82, 2.24) is 20.1 Å². The smallest absolute Gasteiger partial charge is 0.275 e. The molecule has 3 aliphatic heterocycles. The van der Waals surface area contributed by atoms with Crippen molar-refractivity contribution in [3.8, 4) is 0 Å². The summed E-state index contributed by atoms with van der Waals surface area (Å²) in [5.41, 5.74) is 2.11. The predicted octanol–water partition coefficient (Wildman–Crippen LogP) is 3.49. The molecule has 1 N–H and O–H groups in total. The first-order valence-corrected chi connectivity index (χ1v) is 15.2. The number of benzene rings is 2. The van der Waals surface area contributed by atoms with Crippen molar-refractivity contribution in [1.29, 1.82) is 0 Å². The minimum atomic E-state index is -2.98. The van der Waals surface area contributed by atoms with E-state index in [0.717, 1.165) is 17.0 Å².